The highest BCUT2D eigenvalue weighted by Crippen LogP contribution is 2.33. The second kappa shape index (κ2) is 5.28. The molecule has 5 heteroatoms. The molecule has 0 spiro atoms. The summed E-state index contributed by atoms with van der Waals surface area (Å²) in [6.07, 6.45) is 0. The largest absolute Gasteiger partial charge is 0.493 e. The van der Waals surface area contributed by atoms with Gasteiger partial charge in [0, 0.05) is 22.7 Å². The number of nitrogen functional groups attached to an aromatic ring is 1. The zero-order valence-corrected chi connectivity index (χ0v) is 11.6. The summed E-state index contributed by atoms with van der Waals surface area (Å²) in [5.41, 5.74) is 7.71. The van der Waals surface area contributed by atoms with E-state index < -0.39 is 0 Å². The molecule has 0 aliphatic carbocycles. The molecule has 21 heavy (non-hydrogen) atoms. The first-order valence-corrected chi connectivity index (χ1v) is 6.71. The van der Waals surface area contributed by atoms with Crippen LogP contribution in [0.3, 0.4) is 0 Å². The van der Waals surface area contributed by atoms with Crippen molar-refractivity contribution in [3.8, 4) is 17.0 Å². The van der Waals surface area contributed by atoms with E-state index >= 15 is 0 Å². The summed E-state index contributed by atoms with van der Waals surface area (Å²) < 4.78 is 5.64. The molecule has 0 fully saturated rings. The first kappa shape index (κ1) is 13.2. The second-order valence-corrected chi connectivity index (χ2v) is 4.64. The van der Waals surface area contributed by atoms with Crippen molar-refractivity contribution in [3.05, 3.63) is 52.8 Å². The van der Waals surface area contributed by atoms with Gasteiger partial charge in [-0.25, -0.2) is 5.10 Å². The monoisotopic (exact) mass is 281 g/mol. The highest BCUT2D eigenvalue weighted by molar-refractivity contribution is 5.95. The maximum Gasteiger partial charge on any atom is 0.272 e. The molecule has 0 atom stereocenters. The Morgan fingerprint density at radius 3 is 2.71 bits per heavy atom. The highest BCUT2D eigenvalue weighted by Gasteiger charge is 2.13. The summed E-state index contributed by atoms with van der Waals surface area (Å²) in [6.45, 7) is 2.43. The van der Waals surface area contributed by atoms with E-state index in [2.05, 4.69) is 10.2 Å². The SMILES string of the molecule is CCOc1cc(N)ccc1-c1n[nH]c(=O)c2ccccc12. The Labute approximate surface area is 121 Å². The molecule has 0 saturated heterocycles. The van der Waals surface area contributed by atoms with Crippen LogP contribution in [0.4, 0.5) is 5.69 Å². The molecule has 1 aromatic heterocycles. The molecule has 3 N–H and O–H groups in total. The molecule has 0 aliphatic heterocycles. The molecule has 0 unspecified atom stereocenters. The van der Waals surface area contributed by atoms with Gasteiger partial charge in [0.2, 0.25) is 0 Å². The molecule has 0 bridgehead atoms. The van der Waals surface area contributed by atoms with Crippen LogP contribution in [0, 0.1) is 0 Å². The van der Waals surface area contributed by atoms with E-state index in [0.717, 1.165) is 10.9 Å². The standard InChI is InChI=1S/C16H15N3O2/c1-2-21-14-9-10(17)7-8-13(14)15-11-5-3-4-6-12(11)16(20)19-18-15/h3-9H,2,17H2,1H3,(H,19,20). The molecule has 2 aromatic carbocycles. The minimum atomic E-state index is -0.206. The van der Waals surface area contributed by atoms with Crippen molar-refractivity contribution in [2.45, 2.75) is 6.92 Å². The van der Waals surface area contributed by atoms with Crippen LogP contribution in [0.2, 0.25) is 0 Å². The lowest BCUT2D eigenvalue weighted by Gasteiger charge is -2.12. The molecule has 1 heterocycles. The van der Waals surface area contributed by atoms with Gasteiger partial charge in [-0.3, -0.25) is 4.79 Å². The van der Waals surface area contributed by atoms with Gasteiger partial charge in [0.1, 0.15) is 11.4 Å². The average Bonchev–Trinajstić information content (AvgIpc) is 2.49. The minimum Gasteiger partial charge on any atom is -0.493 e. The Kier molecular flexibility index (Phi) is 3.31. The van der Waals surface area contributed by atoms with Gasteiger partial charge in [-0.05, 0) is 25.1 Å². The fraction of sp³-hybridized carbons (Fsp3) is 0.125. The summed E-state index contributed by atoms with van der Waals surface area (Å²) in [5, 5.41) is 8.11. The predicted octanol–water partition coefficient (Wildman–Crippen LogP) is 2.57. The summed E-state index contributed by atoms with van der Waals surface area (Å²) in [5.74, 6) is 0.655. The van der Waals surface area contributed by atoms with Gasteiger partial charge in [0.25, 0.3) is 5.56 Å². The first-order chi connectivity index (χ1) is 10.2. The number of aromatic nitrogens is 2. The first-order valence-electron chi connectivity index (χ1n) is 6.71. The number of H-pyrrole nitrogens is 1. The number of nitrogens with one attached hydrogen (secondary N) is 1. The third-order valence-electron chi connectivity index (χ3n) is 3.26. The number of nitrogens with two attached hydrogens (primary N) is 1. The summed E-state index contributed by atoms with van der Waals surface area (Å²) >= 11 is 0. The van der Waals surface area contributed by atoms with Crippen molar-refractivity contribution in [1.82, 2.24) is 10.2 Å². The van der Waals surface area contributed by atoms with Gasteiger partial charge in [0.15, 0.2) is 0 Å². The quantitative estimate of drug-likeness (QED) is 0.723. The maximum absolute atomic E-state index is 11.9. The predicted molar refractivity (Wildman–Crippen MR) is 83.4 cm³/mol. The Morgan fingerprint density at radius 2 is 1.95 bits per heavy atom. The molecule has 5 nitrogen and oxygen atoms in total. The van der Waals surface area contributed by atoms with Crippen molar-refractivity contribution in [1.29, 1.82) is 0 Å². The fourth-order valence-corrected chi connectivity index (χ4v) is 2.33. The molecule has 106 valence electrons. The Balaban J connectivity index is 2.31. The molecule has 0 radical (unpaired) electrons. The Hall–Kier alpha value is -2.82. The summed E-state index contributed by atoms with van der Waals surface area (Å²) in [4.78, 5) is 11.9. The Bertz CT molecular complexity index is 856. The smallest absolute Gasteiger partial charge is 0.272 e. The number of hydrogen-bond acceptors (Lipinski definition) is 4. The molecular formula is C16H15N3O2. The van der Waals surface area contributed by atoms with E-state index in [1.165, 1.54) is 0 Å². The van der Waals surface area contributed by atoms with E-state index in [1.807, 2.05) is 31.2 Å². The number of fused-ring (bicyclic) bond motifs is 1. The van der Waals surface area contributed by atoms with Crippen LogP contribution in [-0.2, 0) is 0 Å². The van der Waals surface area contributed by atoms with Gasteiger partial charge in [-0.1, -0.05) is 18.2 Å². The molecule has 0 saturated carbocycles. The maximum atomic E-state index is 11.9. The van der Waals surface area contributed by atoms with Gasteiger partial charge in [0.05, 0.1) is 12.0 Å². The molecule has 3 aromatic rings. The van der Waals surface area contributed by atoms with Gasteiger partial charge in [-0.15, -0.1) is 0 Å². The van der Waals surface area contributed by atoms with E-state index in [1.54, 1.807) is 18.2 Å². The normalized spacial score (nSPS) is 10.7. The van der Waals surface area contributed by atoms with Crippen molar-refractivity contribution in [3.63, 3.8) is 0 Å². The summed E-state index contributed by atoms with van der Waals surface area (Å²) in [6, 6.07) is 12.8. The van der Waals surface area contributed by atoms with Gasteiger partial charge < -0.3 is 10.5 Å². The number of anilines is 1. The molecular weight excluding hydrogens is 266 g/mol. The van der Waals surface area contributed by atoms with Crippen molar-refractivity contribution >= 4 is 16.5 Å². The van der Waals surface area contributed by atoms with Crippen molar-refractivity contribution in [2.24, 2.45) is 0 Å². The van der Waals surface area contributed by atoms with E-state index in [4.69, 9.17) is 10.5 Å². The van der Waals surface area contributed by atoms with Crippen LogP contribution in [0.5, 0.6) is 5.75 Å². The lowest BCUT2D eigenvalue weighted by Crippen LogP contribution is -2.09. The van der Waals surface area contributed by atoms with Crippen molar-refractivity contribution < 1.29 is 4.74 Å². The second-order valence-electron chi connectivity index (χ2n) is 4.64. The third-order valence-corrected chi connectivity index (χ3v) is 3.26. The highest BCUT2D eigenvalue weighted by atomic mass is 16.5. The lowest BCUT2D eigenvalue weighted by atomic mass is 10.0. The van der Waals surface area contributed by atoms with Crippen molar-refractivity contribution in [2.75, 3.05) is 12.3 Å². The number of nitrogens with zero attached hydrogens (tertiary/aromatic N) is 1. The van der Waals surface area contributed by atoms with E-state index in [9.17, 15) is 4.79 Å². The third kappa shape index (κ3) is 2.33. The molecule has 3 rings (SSSR count). The van der Waals surface area contributed by atoms with Gasteiger partial charge >= 0.3 is 0 Å². The van der Waals surface area contributed by atoms with E-state index in [-0.39, 0.29) is 5.56 Å². The summed E-state index contributed by atoms with van der Waals surface area (Å²) in [7, 11) is 0. The number of aromatic amines is 1. The van der Waals surface area contributed by atoms with Crippen LogP contribution in [0.15, 0.2) is 47.3 Å². The minimum absolute atomic E-state index is 0.206. The number of ether oxygens (including phenoxy) is 1. The van der Waals surface area contributed by atoms with Crippen LogP contribution >= 0.6 is 0 Å². The molecule has 0 amide bonds. The van der Waals surface area contributed by atoms with Crippen LogP contribution in [0.1, 0.15) is 6.92 Å². The average molecular weight is 281 g/mol. The molecule has 0 aliphatic rings. The zero-order valence-electron chi connectivity index (χ0n) is 11.6. The fourth-order valence-electron chi connectivity index (χ4n) is 2.33. The van der Waals surface area contributed by atoms with E-state index in [0.29, 0.717) is 29.1 Å². The van der Waals surface area contributed by atoms with Crippen LogP contribution in [-0.4, -0.2) is 16.8 Å². The zero-order chi connectivity index (χ0) is 14.8. The topological polar surface area (TPSA) is 81.0 Å². The van der Waals surface area contributed by atoms with Crippen LogP contribution in [0.25, 0.3) is 22.0 Å². The lowest BCUT2D eigenvalue weighted by molar-refractivity contribution is 0.341. The number of rotatable bonds is 3. The van der Waals surface area contributed by atoms with Crippen LogP contribution < -0.4 is 16.0 Å². The number of benzene rings is 2. The Morgan fingerprint density at radius 1 is 1.19 bits per heavy atom. The number of hydrogen-bond donors (Lipinski definition) is 2. The van der Waals surface area contributed by atoms with Gasteiger partial charge in [-0.2, -0.15) is 5.10 Å².